The Bertz CT molecular complexity index is 546. The highest BCUT2D eigenvalue weighted by atomic mass is 35.5. The number of carbonyl (C=O) groups is 2. The van der Waals surface area contributed by atoms with Crippen LogP contribution >= 0.6 is 12.4 Å². The molecule has 0 radical (unpaired) electrons. The highest BCUT2D eigenvalue weighted by molar-refractivity contribution is 5.89. The third-order valence-electron chi connectivity index (χ3n) is 4.69. The molecule has 1 aromatic carbocycles. The number of hydrogen-bond acceptors (Lipinski definition) is 3. The molecule has 0 aliphatic carbocycles. The van der Waals surface area contributed by atoms with E-state index in [1.165, 1.54) is 0 Å². The molecular formula is C17H24ClN3O2. The second kappa shape index (κ2) is 7.79. The molecule has 2 aliphatic rings. The van der Waals surface area contributed by atoms with Gasteiger partial charge in [-0.1, -0.05) is 30.3 Å². The molecule has 3 atom stereocenters. The van der Waals surface area contributed by atoms with Crippen LogP contribution in [0.2, 0.25) is 0 Å². The van der Waals surface area contributed by atoms with E-state index < -0.39 is 0 Å². The largest absolute Gasteiger partial charge is 0.352 e. The van der Waals surface area contributed by atoms with Crippen LogP contribution in [0.3, 0.4) is 0 Å². The quantitative estimate of drug-likeness (QED) is 0.875. The first-order chi connectivity index (χ1) is 10.6. The molecule has 6 heteroatoms. The van der Waals surface area contributed by atoms with Crippen molar-refractivity contribution in [3.05, 3.63) is 35.9 Å². The van der Waals surface area contributed by atoms with Crippen LogP contribution in [0.25, 0.3) is 0 Å². The zero-order valence-electron chi connectivity index (χ0n) is 13.3. The van der Waals surface area contributed by atoms with Gasteiger partial charge in [0, 0.05) is 25.6 Å². The Kier molecular flexibility index (Phi) is 6.02. The van der Waals surface area contributed by atoms with E-state index in [1.54, 1.807) is 0 Å². The summed E-state index contributed by atoms with van der Waals surface area (Å²) >= 11 is 0. The molecule has 23 heavy (non-hydrogen) atoms. The fraction of sp³-hybridized carbons (Fsp3) is 0.529. The van der Waals surface area contributed by atoms with Crippen LogP contribution in [0.1, 0.15) is 31.4 Å². The van der Waals surface area contributed by atoms with Crippen molar-refractivity contribution in [3.8, 4) is 0 Å². The van der Waals surface area contributed by atoms with Gasteiger partial charge in [-0.05, 0) is 25.5 Å². The second-order valence-electron chi connectivity index (χ2n) is 6.23. The van der Waals surface area contributed by atoms with Crippen molar-refractivity contribution < 1.29 is 9.59 Å². The summed E-state index contributed by atoms with van der Waals surface area (Å²) in [7, 11) is 0. The molecule has 3 unspecified atom stereocenters. The average Bonchev–Trinajstić information content (AvgIpc) is 3.17. The molecule has 2 fully saturated rings. The zero-order chi connectivity index (χ0) is 15.5. The lowest BCUT2D eigenvalue weighted by Crippen LogP contribution is -2.41. The van der Waals surface area contributed by atoms with Crippen LogP contribution in [0.5, 0.6) is 0 Å². The lowest BCUT2D eigenvalue weighted by atomic mass is 10.1. The molecule has 0 spiro atoms. The van der Waals surface area contributed by atoms with Crippen LogP contribution in [-0.4, -0.2) is 42.4 Å². The lowest BCUT2D eigenvalue weighted by molar-refractivity contribution is -0.130. The summed E-state index contributed by atoms with van der Waals surface area (Å²) < 4.78 is 0. The van der Waals surface area contributed by atoms with Gasteiger partial charge >= 0.3 is 0 Å². The molecule has 2 heterocycles. The van der Waals surface area contributed by atoms with E-state index in [0.717, 1.165) is 25.1 Å². The number of carbonyl (C=O) groups excluding carboxylic acids is 2. The Morgan fingerprint density at radius 3 is 2.74 bits per heavy atom. The molecule has 2 aliphatic heterocycles. The minimum atomic E-state index is -0.223. The van der Waals surface area contributed by atoms with Gasteiger partial charge in [0.2, 0.25) is 11.8 Å². The van der Waals surface area contributed by atoms with Gasteiger partial charge in [0.1, 0.15) is 0 Å². The van der Waals surface area contributed by atoms with Gasteiger partial charge in [-0.25, -0.2) is 0 Å². The molecular weight excluding hydrogens is 314 g/mol. The predicted molar refractivity (Wildman–Crippen MR) is 91.3 cm³/mol. The number of nitrogens with one attached hydrogen (secondary N) is 2. The van der Waals surface area contributed by atoms with Crippen molar-refractivity contribution in [2.45, 2.75) is 31.8 Å². The summed E-state index contributed by atoms with van der Waals surface area (Å²) in [6, 6.07) is 10.2. The zero-order valence-corrected chi connectivity index (χ0v) is 14.1. The number of benzene rings is 1. The van der Waals surface area contributed by atoms with Crippen LogP contribution < -0.4 is 10.6 Å². The van der Waals surface area contributed by atoms with E-state index in [9.17, 15) is 9.59 Å². The molecule has 3 rings (SSSR count). The molecule has 1 aromatic rings. The number of nitrogens with zero attached hydrogens (tertiary/aromatic N) is 1. The van der Waals surface area contributed by atoms with Gasteiger partial charge in [0.25, 0.3) is 0 Å². The van der Waals surface area contributed by atoms with Gasteiger partial charge in [-0.15, -0.1) is 12.4 Å². The van der Waals surface area contributed by atoms with Crippen LogP contribution in [-0.2, 0) is 9.59 Å². The molecule has 0 saturated carbocycles. The predicted octanol–water partition coefficient (Wildman–Crippen LogP) is 1.50. The molecule has 126 valence electrons. The maximum Gasteiger partial charge on any atom is 0.225 e. The molecule has 0 aromatic heterocycles. The molecule has 2 N–H and O–H groups in total. The number of rotatable bonds is 4. The first-order valence-corrected chi connectivity index (χ1v) is 8.00. The van der Waals surface area contributed by atoms with Gasteiger partial charge in [-0.2, -0.15) is 0 Å². The summed E-state index contributed by atoms with van der Waals surface area (Å²) in [5, 5.41) is 6.29. The van der Waals surface area contributed by atoms with Crippen LogP contribution in [0.4, 0.5) is 0 Å². The Morgan fingerprint density at radius 1 is 1.35 bits per heavy atom. The maximum atomic E-state index is 12.3. The van der Waals surface area contributed by atoms with E-state index in [0.29, 0.717) is 13.0 Å². The Balaban J connectivity index is 0.00000192. The van der Waals surface area contributed by atoms with Crippen molar-refractivity contribution in [1.82, 2.24) is 15.5 Å². The van der Waals surface area contributed by atoms with Gasteiger partial charge in [0.05, 0.1) is 12.0 Å². The highest BCUT2D eigenvalue weighted by Gasteiger charge is 2.37. The van der Waals surface area contributed by atoms with Crippen molar-refractivity contribution in [2.75, 3.05) is 19.6 Å². The van der Waals surface area contributed by atoms with Crippen molar-refractivity contribution in [1.29, 1.82) is 0 Å². The molecule has 0 bridgehead atoms. The third-order valence-corrected chi connectivity index (χ3v) is 4.69. The Morgan fingerprint density at radius 2 is 2.09 bits per heavy atom. The summed E-state index contributed by atoms with van der Waals surface area (Å²) in [6.07, 6.45) is 1.29. The normalized spacial score (nSPS) is 25.1. The average molecular weight is 338 g/mol. The van der Waals surface area contributed by atoms with E-state index in [2.05, 4.69) is 10.6 Å². The maximum absolute atomic E-state index is 12.3. The summed E-state index contributed by atoms with van der Waals surface area (Å²) in [5.41, 5.74) is 1.11. The van der Waals surface area contributed by atoms with E-state index >= 15 is 0 Å². The van der Waals surface area contributed by atoms with Crippen molar-refractivity contribution >= 4 is 24.2 Å². The standard InChI is InChI=1S/C17H23N3O2.ClH/c1-12(13-5-3-2-4-6-13)20-11-14(9-16(20)21)17(22)19-15-7-8-18-10-15;/h2-6,12,14-15,18H,7-11H2,1H3,(H,19,22);1H. The number of halogens is 1. The van der Waals surface area contributed by atoms with E-state index in [1.807, 2.05) is 42.2 Å². The van der Waals surface area contributed by atoms with Crippen LogP contribution in [0, 0.1) is 5.92 Å². The highest BCUT2D eigenvalue weighted by Crippen LogP contribution is 2.28. The number of likely N-dealkylation sites (tertiary alicyclic amines) is 1. The van der Waals surface area contributed by atoms with E-state index in [4.69, 9.17) is 0 Å². The van der Waals surface area contributed by atoms with Crippen molar-refractivity contribution in [2.24, 2.45) is 5.92 Å². The third kappa shape index (κ3) is 4.03. The Hall–Kier alpha value is -1.59. The summed E-state index contributed by atoms with van der Waals surface area (Å²) in [5.74, 6) is -0.134. The molecule has 2 amide bonds. The minimum absolute atomic E-state index is 0. The first kappa shape index (κ1) is 17.8. The molecule has 2 saturated heterocycles. The van der Waals surface area contributed by atoms with Crippen LogP contribution in [0.15, 0.2) is 30.3 Å². The minimum Gasteiger partial charge on any atom is -0.352 e. The second-order valence-corrected chi connectivity index (χ2v) is 6.23. The Labute approximate surface area is 143 Å². The van der Waals surface area contributed by atoms with E-state index in [-0.39, 0.29) is 42.2 Å². The van der Waals surface area contributed by atoms with Gasteiger partial charge < -0.3 is 15.5 Å². The smallest absolute Gasteiger partial charge is 0.225 e. The van der Waals surface area contributed by atoms with Gasteiger partial charge in [0.15, 0.2) is 0 Å². The topological polar surface area (TPSA) is 61.4 Å². The fourth-order valence-corrected chi connectivity index (χ4v) is 3.29. The summed E-state index contributed by atoms with van der Waals surface area (Å²) in [6.45, 7) is 4.32. The fourth-order valence-electron chi connectivity index (χ4n) is 3.29. The van der Waals surface area contributed by atoms with Gasteiger partial charge in [-0.3, -0.25) is 9.59 Å². The van der Waals surface area contributed by atoms with Crippen molar-refractivity contribution in [3.63, 3.8) is 0 Å². The lowest BCUT2D eigenvalue weighted by Gasteiger charge is -2.25. The number of hydrogen-bond donors (Lipinski definition) is 2. The SMILES string of the molecule is CC(c1ccccc1)N1CC(C(=O)NC2CCNC2)CC1=O.Cl. The summed E-state index contributed by atoms with van der Waals surface area (Å²) in [4.78, 5) is 26.4. The number of amides is 2. The monoisotopic (exact) mass is 337 g/mol. The molecule has 5 nitrogen and oxygen atoms in total. The first-order valence-electron chi connectivity index (χ1n) is 8.00.